The summed E-state index contributed by atoms with van der Waals surface area (Å²) in [6, 6.07) is -1.03. The summed E-state index contributed by atoms with van der Waals surface area (Å²) in [5, 5.41) is 57.0. The van der Waals surface area contributed by atoms with E-state index in [-0.39, 0.29) is 19.4 Å². The van der Waals surface area contributed by atoms with Crippen molar-refractivity contribution in [1.29, 1.82) is 0 Å². The first-order chi connectivity index (χ1) is 39.2. The summed E-state index contributed by atoms with van der Waals surface area (Å²) >= 11 is 0. The predicted molar refractivity (Wildman–Crippen MR) is 333 cm³/mol. The third kappa shape index (κ3) is 43.7. The van der Waals surface area contributed by atoms with E-state index in [0.717, 1.165) is 83.5 Å². The molecule has 0 radical (unpaired) electrons. The molecular weight excluding hydrogens is 1000 g/mol. The van der Waals surface area contributed by atoms with Crippen molar-refractivity contribution in [2.45, 2.75) is 339 Å². The molecule has 0 bridgehead atoms. The molecule has 0 saturated carbocycles. The normalized spacial score (nSPS) is 19.2. The van der Waals surface area contributed by atoms with Gasteiger partial charge in [0.25, 0.3) is 0 Å². The molecule has 1 amide bonds. The topological polar surface area (TPSA) is 175 Å². The molecule has 464 valence electrons. The zero-order chi connectivity index (χ0) is 58.2. The number of ether oxygens (including phenoxy) is 3. The fraction of sp³-hybridized carbons (Fsp3) is 0.797. The van der Waals surface area contributed by atoms with Gasteiger partial charge >= 0.3 is 5.97 Å². The van der Waals surface area contributed by atoms with Crippen LogP contribution in [0.25, 0.3) is 0 Å². The summed E-state index contributed by atoms with van der Waals surface area (Å²) in [5.74, 6) is -1.21. The molecule has 0 aromatic heterocycles. The van der Waals surface area contributed by atoms with Crippen LogP contribution in [0.2, 0.25) is 0 Å². The largest absolute Gasteiger partial charge is 0.454 e. The fourth-order valence-corrected chi connectivity index (χ4v) is 10.2. The molecule has 0 aliphatic carbocycles. The number of hydrogen-bond donors (Lipinski definition) is 6. The van der Waals surface area contributed by atoms with Gasteiger partial charge in [0.1, 0.15) is 24.4 Å². The number of rotatable bonds is 56. The van der Waals surface area contributed by atoms with Gasteiger partial charge in [0.05, 0.1) is 25.4 Å². The van der Waals surface area contributed by atoms with Gasteiger partial charge in [-0.25, -0.2) is 0 Å². The van der Waals surface area contributed by atoms with E-state index in [9.17, 15) is 35.1 Å². The van der Waals surface area contributed by atoms with E-state index < -0.39 is 67.4 Å². The fourth-order valence-electron chi connectivity index (χ4n) is 10.2. The highest BCUT2D eigenvalue weighted by molar-refractivity contribution is 5.80. The lowest BCUT2D eigenvalue weighted by molar-refractivity contribution is -0.305. The number of nitrogens with one attached hydrogen (secondary N) is 1. The minimum atomic E-state index is -1.62. The number of allylic oxidation sites excluding steroid dienone is 11. The van der Waals surface area contributed by atoms with Crippen LogP contribution in [0.15, 0.2) is 72.9 Å². The number of esters is 1. The molecule has 1 heterocycles. The Morgan fingerprint density at radius 1 is 0.512 bits per heavy atom. The van der Waals surface area contributed by atoms with Gasteiger partial charge < -0.3 is 45.1 Å². The van der Waals surface area contributed by atoms with E-state index in [2.05, 4.69) is 68.6 Å². The number of aliphatic hydroxyl groups is 5. The van der Waals surface area contributed by atoms with E-state index >= 15 is 0 Å². The lowest BCUT2D eigenvalue weighted by Gasteiger charge is -2.41. The van der Waals surface area contributed by atoms with Gasteiger partial charge in [0, 0.05) is 6.42 Å². The van der Waals surface area contributed by atoms with Crippen LogP contribution < -0.4 is 5.32 Å². The second-order valence-electron chi connectivity index (χ2n) is 22.9. The van der Waals surface area contributed by atoms with E-state index in [1.807, 2.05) is 24.3 Å². The Balaban J connectivity index is 2.57. The Morgan fingerprint density at radius 2 is 0.950 bits per heavy atom. The van der Waals surface area contributed by atoms with E-state index in [1.54, 1.807) is 6.08 Å². The third-order valence-corrected chi connectivity index (χ3v) is 15.4. The standard InChI is InChI=1S/C69H123NO10/c1-4-7-10-13-16-19-22-25-26-27-28-29-30-31-32-33-34-35-36-37-39-41-44-47-50-53-56-62(73)68(77)70-60(61(72)55-52-49-46-43-40-24-21-18-15-12-9-6-3)59-78-69-67(66(76)65(75)63(58-71)79-69)80-64(74)57-54-51-48-45-42-38-23-20-17-14-11-8-5-2/h8,11,14,16-17,19-20,23,25-26,52,55,60-63,65-67,69,71-73,75-76H,4-7,9-10,12-13,15,18,21-22,24,27-51,53-54,56-59H2,1-3H3,(H,70,77)/b11-8+,17-14+,19-16-,23-20-,26-25-,55-52+. The summed E-state index contributed by atoms with van der Waals surface area (Å²) in [7, 11) is 0. The molecule has 0 aromatic rings. The van der Waals surface area contributed by atoms with E-state index in [4.69, 9.17) is 14.2 Å². The number of unbranched alkanes of at least 4 members (excludes halogenated alkanes) is 34. The Kier molecular flexibility index (Phi) is 53.1. The van der Waals surface area contributed by atoms with Gasteiger partial charge in [0.2, 0.25) is 5.91 Å². The second-order valence-corrected chi connectivity index (χ2v) is 22.9. The average Bonchev–Trinajstić information content (AvgIpc) is 3.45. The smallest absolute Gasteiger partial charge is 0.306 e. The first-order valence-corrected chi connectivity index (χ1v) is 33.2. The Bertz CT molecular complexity index is 1580. The minimum Gasteiger partial charge on any atom is -0.454 e. The molecule has 1 aliphatic heterocycles. The summed E-state index contributed by atoms with van der Waals surface area (Å²) < 4.78 is 17.6. The van der Waals surface area contributed by atoms with Crippen LogP contribution in [0, 0.1) is 0 Å². The van der Waals surface area contributed by atoms with Crippen molar-refractivity contribution in [1.82, 2.24) is 5.32 Å². The monoisotopic (exact) mass is 1130 g/mol. The van der Waals surface area contributed by atoms with Gasteiger partial charge in [0.15, 0.2) is 12.4 Å². The van der Waals surface area contributed by atoms with Crippen LogP contribution in [-0.2, 0) is 23.8 Å². The first-order valence-electron chi connectivity index (χ1n) is 33.2. The minimum absolute atomic E-state index is 0.0995. The third-order valence-electron chi connectivity index (χ3n) is 15.4. The van der Waals surface area contributed by atoms with Crippen LogP contribution in [-0.4, -0.2) is 99.6 Å². The van der Waals surface area contributed by atoms with Gasteiger partial charge in [-0.1, -0.05) is 280 Å². The Hall–Kier alpha value is -2.90. The van der Waals surface area contributed by atoms with Crippen molar-refractivity contribution in [3.05, 3.63) is 72.9 Å². The number of aliphatic hydroxyl groups excluding tert-OH is 5. The molecule has 80 heavy (non-hydrogen) atoms. The molecule has 1 aliphatic rings. The van der Waals surface area contributed by atoms with Gasteiger partial charge in [-0.15, -0.1) is 0 Å². The van der Waals surface area contributed by atoms with Crippen molar-refractivity contribution in [2.75, 3.05) is 13.2 Å². The number of carbonyl (C=O) groups is 2. The number of carbonyl (C=O) groups excluding carboxylic acids is 2. The van der Waals surface area contributed by atoms with Crippen molar-refractivity contribution in [3.63, 3.8) is 0 Å². The molecule has 0 spiro atoms. The Morgan fingerprint density at radius 3 is 1.46 bits per heavy atom. The quantitative estimate of drug-likeness (QED) is 0.0149. The summed E-state index contributed by atoms with van der Waals surface area (Å²) in [6.07, 6.45) is 62.4. The van der Waals surface area contributed by atoms with E-state index in [1.165, 1.54) is 161 Å². The average molecular weight is 1130 g/mol. The number of hydrogen-bond acceptors (Lipinski definition) is 10. The Labute approximate surface area is 490 Å². The number of amides is 1. The summed E-state index contributed by atoms with van der Waals surface area (Å²) in [4.78, 5) is 26.6. The highest BCUT2D eigenvalue weighted by Gasteiger charge is 2.47. The van der Waals surface area contributed by atoms with Crippen LogP contribution in [0.5, 0.6) is 0 Å². The molecule has 6 N–H and O–H groups in total. The lowest BCUT2D eigenvalue weighted by Crippen LogP contribution is -2.61. The second kappa shape index (κ2) is 56.6. The van der Waals surface area contributed by atoms with Crippen molar-refractivity contribution < 1.29 is 49.3 Å². The highest BCUT2D eigenvalue weighted by atomic mass is 16.7. The molecule has 1 saturated heterocycles. The molecular formula is C69H123NO10. The molecule has 8 atom stereocenters. The van der Waals surface area contributed by atoms with Gasteiger partial charge in [-0.3, -0.25) is 9.59 Å². The predicted octanol–water partition coefficient (Wildman–Crippen LogP) is 16.3. The summed E-state index contributed by atoms with van der Waals surface area (Å²) in [6.45, 7) is 5.63. The maximum atomic E-state index is 13.5. The molecule has 8 unspecified atom stereocenters. The molecule has 11 nitrogen and oxygen atoms in total. The molecule has 1 fully saturated rings. The molecule has 11 heteroatoms. The highest BCUT2D eigenvalue weighted by Crippen LogP contribution is 2.26. The van der Waals surface area contributed by atoms with E-state index in [0.29, 0.717) is 12.8 Å². The van der Waals surface area contributed by atoms with Crippen LogP contribution in [0.4, 0.5) is 0 Å². The van der Waals surface area contributed by atoms with Crippen molar-refractivity contribution in [2.24, 2.45) is 0 Å². The van der Waals surface area contributed by atoms with Crippen molar-refractivity contribution in [3.8, 4) is 0 Å². The zero-order valence-corrected chi connectivity index (χ0v) is 51.4. The zero-order valence-electron chi connectivity index (χ0n) is 51.4. The summed E-state index contributed by atoms with van der Waals surface area (Å²) in [5.41, 5.74) is 0. The van der Waals surface area contributed by atoms with Crippen LogP contribution in [0.1, 0.15) is 290 Å². The maximum absolute atomic E-state index is 13.5. The van der Waals surface area contributed by atoms with Gasteiger partial charge in [-0.2, -0.15) is 0 Å². The molecule has 0 aromatic carbocycles. The molecule has 1 rings (SSSR count). The SMILES string of the molecule is CC/C=C/C=C/C=C\CCCCCCCC(=O)OC1C(OCC(NC(=O)C(O)CCCCCCCCCCCCCCCCCC/C=C\C/C=C\CCCCC)C(O)/C=C/CCCCCCCCCCCC)OC(CO)C(O)C1O. The van der Waals surface area contributed by atoms with Gasteiger partial charge in [-0.05, 0) is 77.0 Å². The maximum Gasteiger partial charge on any atom is 0.306 e. The lowest BCUT2D eigenvalue weighted by atomic mass is 9.99. The van der Waals surface area contributed by atoms with Crippen LogP contribution in [0.3, 0.4) is 0 Å². The first kappa shape index (κ1) is 75.1. The van der Waals surface area contributed by atoms with Crippen LogP contribution >= 0.6 is 0 Å². The van der Waals surface area contributed by atoms with Crippen molar-refractivity contribution >= 4 is 11.9 Å².